The molecule has 4 amide bonds. The molecule has 8 nitrogen and oxygen atoms in total. The molecule has 9 heteroatoms. The van der Waals surface area contributed by atoms with Gasteiger partial charge in [0.2, 0.25) is 23.3 Å². The maximum Gasteiger partial charge on any atom is 0.291 e. The number of anilines is 2. The third-order valence-electron chi connectivity index (χ3n) is 6.59. The van der Waals surface area contributed by atoms with Gasteiger partial charge in [-0.15, -0.1) is 0 Å². The maximum absolute atomic E-state index is 14.5. The van der Waals surface area contributed by atoms with E-state index in [0.717, 1.165) is 4.90 Å². The van der Waals surface area contributed by atoms with Gasteiger partial charge in [-0.05, 0) is 18.2 Å². The average Bonchev–Trinajstić information content (AvgIpc) is 3.32. The molecule has 5 rings (SSSR count). The fourth-order valence-electron chi connectivity index (χ4n) is 5.36. The number of amides is 4. The van der Waals surface area contributed by atoms with E-state index in [1.165, 1.54) is 24.3 Å². The number of nitrogens with zero attached hydrogens (tertiary/aromatic N) is 1. The average molecular weight is 423 g/mol. The van der Waals surface area contributed by atoms with E-state index in [9.17, 15) is 23.6 Å². The molecule has 3 aliphatic heterocycles. The number of halogens is 1. The summed E-state index contributed by atoms with van der Waals surface area (Å²) < 4.78 is 14.5. The van der Waals surface area contributed by atoms with Crippen LogP contribution in [0.15, 0.2) is 48.5 Å². The third kappa shape index (κ3) is 2.56. The predicted molar refractivity (Wildman–Crippen MR) is 107 cm³/mol. The van der Waals surface area contributed by atoms with Gasteiger partial charge in [0, 0.05) is 18.4 Å². The van der Waals surface area contributed by atoms with Crippen LogP contribution in [0, 0.1) is 17.7 Å². The van der Waals surface area contributed by atoms with E-state index < -0.39 is 52.9 Å². The Hall–Kier alpha value is -3.59. The van der Waals surface area contributed by atoms with Crippen molar-refractivity contribution in [3.63, 3.8) is 0 Å². The summed E-state index contributed by atoms with van der Waals surface area (Å²) in [6, 6.07) is 12.0. The van der Waals surface area contributed by atoms with Crippen LogP contribution in [-0.2, 0) is 24.7 Å². The Labute approximate surface area is 176 Å². The lowest BCUT2D eigenvalue weighted by molar-refractivity contribution is -0.733. The smallest absolute Gasteiger partial charge is 0.291 e. The highest BCUT2D eigenvalue weighted by Gasteiger charge is 2.74. The number of nitrogens with one attached hydrogen (secondary N) is 1. The highest BCUT2D eigenvalue weighted by atomic mass is 19.1. The quantitative estimate of drug-likeness (QED) is 0.598. The summed E-state index contributed by atoms with van der Waals surface area (Å²) in [5.74, 6) is -4.74. The molecular weight excluding hydrogens is 403 g/mol. The molecule has 1 spiro atoms. The Morgan fingerprint density at radius 3 is 2.55 bits per heavy atom. The lowest BCUT2D eigenvalue weighted by Crippen LogP contribution is -2.99. The molecule has 3 aliphatic rings. The SMILES string of the molecule is NC(=O)CC[C@@H]1[NH2+][C@]2(C(=O)Nc3ccccc32)[C@@H]2C(=O)N(c3ccccc3F)C(=O)[C@H]12. The van der Waals surface area contributed by atoms with Gasteiger partial charge in [-0.2, -0.15) is 0 Å². The molecular formula is C22H20FN4O4+. The van der Waals surface area contributed by atoms with Crippen molar-refractivity contribution < 1.29 is 28.9 Å². The van der Waals surface area contributed by atoms with Crippen molar-refractivity contribution in [2.75, 3.05) is 10.2 Å². The predicted octanol–water partition coefficient (Wildman–Crippen LogP) is -0.01000. The number of para-hydroxylation sites is 2. The first kappa shape index (κ1) is 19.4. The van der Waals surface area contributed by atoms with Crippen molar-refractivity contribution in [2.45, 2.75) is 24.4 Å². The van der Waals surface area contributed by atoms with Crippen LogP contribution >= 0.6 is 0 Å². The van der Waals surface area contributed by atoms with Crippen LogP contribution < -0.4 is 21.3 Å². The molecule has 0 aromatic heterocycles. The number of imide groups is 1. The second-order valence-electron chi connectivity index (χ2n) is 8.17. The largest absolute Gasteiger partial charge is 0.370 e. The second-order valence-corrected chi connectivity index (χ2v) is 8.17. The Morgan fingerprint density at radius 2 is 1.81 bits per heavy atom. The number of carbonyl (C=O) groups excluding carboxylic acids is 4. The summed E-state index contributed by atoms with van der Waals surface area (Å²) in [6.07, 6.45) is 0.225. The maximum atomic E-state index is 14.5. The van der Waals surface area contributed by atoms with Crippen LogP contribution in [0.1, 0.15) is 18.4 Å². The fraction of sp³-hybridized carbons (Fsp3) is 0.273. The van der Waals surface area contributed by atoms with Crippen LogP contribution in [0.4, 0.5) is 15.8 Å². The molecule has 0 saturated carbocycles. The molecule has 2 fully saturated rings. The van der Waals surface area contributed by atoms with Gasteiger partial charge in [0.05, 0.1) is 11.4 Å². The number of rotatable bonds is 4. The van der Waals surface area contributed by atoms with Crippen LogP contribution in [-0.4, -0.2) is 29.7 Å². The van der Waals surface area contributed by atoms with Crippen molar-refractivity contribution in [3.05, 3.63) is 59.9 Å². The van der Waals surface area contributed by atoms with Gasteiger partial charge in [-0.3, -0.25) is 19.2 Å². The van der Waals surface area contributed by atoms with Crippen LogP contribution in [0.25, 0.3) is 0 Å². The van der Waals surface area contributed by atoms with E-state index in [1.807, 2.05) is 0 Å². The van der Waals surface area contributed by atoms with E-state index in [4.69, 9.17) is 5.73 Å². The highest BCUT2D eigenvalue weighted by molar-refractivity contribution is 6.25. The lowest BCUT2D eigenvalue weighted by atomic mass is 9.76. The molecule has 0 radical (unpaired) electrons. The van der Waals surface area contributed by atoms with Gasteiger partial charge in [0.25, 0.3) is 5.91 Å². The Bertz CT molecular complexity index is 1150. The van der Waals surface area contributed by atoms with Gasteiger partial charge in [-0.1, -0.05) is 30.3 Å². The highest BCUT2D eigenvalue weighted by Crippen LogP contribution is 2.50. The topological polar surface area (TPSA) is 126 Å². The van der Waals surface area contributed by atoms with Gasteiger partial charge in [0.1, 0.15) is 23.7 Å². The summed E-state index contributed by atoms with van der Waals surface area (Å²) in [7, 11) is 0. The first-order chi connectivity index (χ1) is 14.9. The first-order valence-corrected chi connectivity index (χ1v) is 10.0. The van der Waals surface area contributed by atoms with Gasteiger partial charge in [-0.25, -0.2) is 9.29 Å². The standard InChI is InChI=1S/C22H19FN4O4/c23-12-6-2-4-8-15(12)27-19(29)17-14(9-10-16(24)28)26-22(18(17)20(27)30)11-5-1-3-7-13(11)25-21(22)31/h1-8,14,17-18,26H,9-10H2,(H2,24,28)(H,25,31)/p+1/t14-,17+,18-,22-/m0/s1. The molecule has 31 heavy (non-hydrogen) atoms. The molecule has 5 N–H and O–H groups in total. The van der Waals surface area contributed by atoms with Crippen LogP contribution in [0.2, 0.25) is 0 Å². The van der Waals surface area contributed by atoms with Crippen molar-refractivity contribution in [1.82, 2.24) is 0 Å². The molecule has 0 aliphatic carbocycles. The van der Waals surface area contributed by atoms with Crippen molar-refractivity contribution in [2.24, 2.45) is 17.6 Å². The summed E-state index contributed by atoms with van der Waals surface area (Å²) in [5.41, 5.74) is 4.99. The van der Waals surface area contributed by atoms with Gasteiger partial charge >= 0.3 is 0 Å². The number of primary amides is 1. The van der Waals surface area contributed by atoms with E-state index in [1.54, 1.807) is 29.6 Å². The summed E-state index contributed by atoms with van der Waals surface area (Å²) in [4.78, 5) is 52.6. The lowest BCUT2D eigenvalue weighted by Gasteiger charge is -2.26. The molecule has 2 saturated heterocycles. The first-order valence-electron chi connectivity index (χ1n) is 10.0. The number of carbonyl (C=O) groups is 4. The van der Waals surface area contributed by atoms with Crippen molar-refractivity contribution in [1.29, 1.82) is 0 Å². The number of hydrogen-bond acceptors (Lipinski definition) is 4. The summed E-state index contributed by atoms with van der Waals surface area (Å²) >= 11 is 0. The van der Waals surface area contributed by atoms with Crippen molar-refractivity contribution in [3.8, 4) is 0 Å². The fourth-order valence-corrected chi connectivity index (χ4v) is 5.36. The van der Waals surface area contributed by atoms with Gasteiger partial charge in [0.15, 0.2) is 0 Å². The zero-order valence-corrected chi connectivity index (χ0v) is 16.4. The number of quaternary nitrogens is 1. The second kappa shape index (κ2) is 6.71. The minimum atomic E-state index is -1.36. The molecule has 2 aromatic rings. The minimum Gasteiger partial charge on any atom is -0.370 e. The van der Waals surface area contributed by atoms with E-state index >= 15 is 0 Å². The zero-order valence-electron chi connectivity index (χ0n) is 16.4. The number of nitrogens with two attached hydrogens (primary N) is 2. The molecule has 158 valence electrons. The Kier molecular flexibility index (Phi) is 4.19. The molecule has 0 bridgehead atoms. The third-order valence-corrected chi connectivity index (χ3v) is 6.59. The molecule has 2 aromatic carbocycles. The van der Waals surface area contributed by atoms with Gasteiger partial charge < -0.3 is 16.4 Å². The van der Waals surface area contributed by atoms with E-state index in [-0.39, 0.29) is 18.5 Å². The van der Waals surface area contributed by atoms with E-state index in [2.05, 4.69) is 5.32 Å². The minimum absolute atomic E-state index is 0.00486. The normalized spacial score (nSPS) is 28.7. The molecule has 0 unspecified atom stereocenters. The number of benzene rings is 2. The summed E-state index contributed by atoms with van der Waals surface area (Å²) in [6.45, 7) is 0. The van der Waals surface area contributed by atoms with Crippen molar-refractivity contribution >= 4 is 35.0 Å². The monoisotopic (exact) mass is 423 g/mol. The van der Waals surface area contributed by atoms with E-state index in [0.29, 0.717) is 11.3 Å². The molecule has 4 atom stereocenters. The Balaban J connectivity index is 1.66. The number of fused-ring (bicyclic) bond motifs is 4. The summed E-state index contributed by atoms with van der Waals surface area (Å²) in [5, 5.41) is 4.53. The van der Waals surface area contributed by atoms with Crippen LogP contribution in [0.3, 0.4) is 0 Å². The van der Waals surface area contributed by atoms with Crippen LogP contribution in [0.5, 0.6) is 0 Å². The number of hydrogen-bond donors (Lipinski definition) is 3. The zero-order chi connectivity index (χ0) is 21.9. The Morgan fingerprint density at radius 1 is 1.10 bits per heavy atom. The molecule has 3 heterocycles.